The van der Waals surface area contributed by atoms with Crippen molar-refractivity contribution in [3.05, 3.63) is 58.4 Å². The lowest BCUT2D eigenvalue weighted by Gasteiger charge is -2.41. The standard InChI is InChI=1S/C27H33N5O4.C4H10O.C2H6/c1-18-22(16-24(33)34)26-31-12-10-27(2,11-13-31)36-14-6-5-8-19-7-3-4-9-21(19)25(35)28-17-20-15-23(29-18)32(26)30-20;1-4(2,3)5;1-2/h3-4,7,9,15H,5-6,8,10-14,16-17H2,1-2H3,(H,28,35)(H,33,34);5H,1-3H3;1-2H3. The van der Waals surface area contributed by atoms with Crippen LogP contribution in [0.1, 0.15) is 100 Å². The SMILES string of the molecule is CC.CC(C)(C)O.Cc1nc2cc3nn2c(c1CC(=O)O)N1CCC(C)(CC1)OCCCCc1ccccc1C(=O)NC3. The third kappa shape index (κ3) is 9.49. The Balaban J connectivity index is 0.000000657. The number of piperidine rings is 1. The number of aliphatic hydroxyl groups is 1. The van der Waals surface area contributed by atoms with Crippen LogP contribution in [-0.2, 0) is 28.9 Å². The van der Waals surface area contributed by atoms with E-state index in [9.17, 15) is 14.7 Å². The summed E-state index contributed by atoms with van der Waals surface area (Å²) in [5.41, 5.74) is 3.66. The number of ether oxygens (including phenoxy) is 1. The lowest BCUT2D eigenvalue weighted by Crippen LogP contribution is -2.45. The molecule has 4 bridgehead atoms. The molecule has 10 nitrogen and oxygen atoms in total. The second-order valence-electron chi connectivity index (χ2n) is 12.2. The van der Waals surface area contributed by atoms with E-state index in [1.807, 2.05) is 51.1 Å². The quantitative estimate of drug-likeness (QED) is 0.373. The van der Waals surface area contributed by atoms with Gasteiger partial charge in [-0.2, -0.15) is 9.61 Å². The molecule has 2 aromatic heterocycles. The van der Waals surface area contributed by atoms with E-state index in [4.69, 9.17) is 14.9 Å². The van der Waals surface area contributed by atoms with E-state index in [0.717, 1.165) is 56.6 Å². The summed E-state index contributed by atoms with van der Waals surface area (Å²) in [6.07, 6.45) is 4.26. The first-order chi connectivity index (χ1) is 20.3. The van der Waals surface area contributed by atoms with Crippen LogP contribution in [0.3, 0.4) is 0 Å². The number of hydrogen-bond donors (Lipinski definition) is 3. The number of carbonyl (C=O) groups is 2. The van der Waals surface area contributed by atoms with Gasteiger partial charge in [0.25, 0.3) is 5.91 Å². The Bertz CT molecular complexity index is 1380. The van der Waals surface area contributed by atoms with E-state index in [0.29, 0.717) is 34.8 Å². The molecule has 43 heavy (non-hydrogen) atoms. The van der Waals surface area contributed by atoms with Gasteiger partial charge < -0.3 is 25.2 Å². The molecular weight excluding hydrogens is 546 g/mol. The predicted molar refractivity (Wildman–Crippen MR) is 169 cm³/mol. The zero-order chi connectivity index (χ0) is 31.8. The number of carboxylic acids is 1. The summed E-state index contributed by atoms with van der Waals surface area (Å²) >= 11 is 0. The molecular formula is C33H49N5O5. The molecule has 3 aliphatic rings. The summed E-state index contributed by atoms with van der Waals surface area (Å²) in [6, 6.07) is 9.58. The fourth-order valence-corrected chi connectivity index (χ4v) is 5.25. The average Bonchev–Trinajstić information content (AvgIpc) is 3.34. The summed E-state index contributed by atoms with van der Waals surface area (Å²) in [4.78, 5) is 31.6. The lowest BCUT2D eigenvalue weighted by atomic mass is 9.92. The maximum atomic E-state index is 13.0. The van der Waals surface area contributed by atoms with Crippen molar-refractivity contribution in [1.29, 1.82) is 0 Å². The van der Waals surface area contributed by atoms with Gasteiger partial charge in [-0.05, 0) is 78.4 Å². The second kappa shape index (κ2) is 14.8. The highest BCUT2D eigenvalue weighted by Gasteiger charge is 2.33. The number of rotatable bonds is 2. The molecule has 10 heteroatoms. The Morgan fingerprint density at radius 2 is 1.79 bits per heavy atom. The van der Waals surface area contributed by atoms with Crippen molar-refractivity contribution < 1.29 is 24.5 Å². The molecule has 0 spiro atoms. The van der Waals surface area contributed by atoms with Gasteiger partial charge in [0, 0.05) is 42.6 Å². The zero-order valence-electron chi connectivity index (χ0n) is 26.9. The van der Waals surface area contributed by atoms with Crippen LogP contribution in [0.5, 0.6) is 0 Å². The molecule has 0 unspecified atom stereocenters. The lowest BCUT2D eigenvalue weighted by molar-refractivity contribution is -0.136. The zero-order valence-corrected chi connectivity index (χ0v) is 26.9. The maximum Gasteiger partial charge on any atom is 0.308 e. The summed E-state index contributed by atoms with van der Waals surface area (Å²) in [5.74, 6) is -0.268. The number of fused-ring (bicyclic) bond motifs is 8. The van der Waals surface area contributed by atoms with Gasteiger partial charge in [0.2, 0.25) is 0 Å². The number of nitrogens with zero attached hydrogens (tertiary/aromatic N) is 4. The van der Waals surface area contributed by atoms with Crippen LogP contribution in [0.25, 0.3) is 5.65 Å². The van der Waals surface area contributed by atoms with Gasteiger partial charge in [0.1, 0.15) is 5.82 Å². The number of nitrogens with one attached hydrogen (secondary N) is 1. The molecule has 0 saturated carbocycles. The van der Waals surface area contributed by atoms with E-state index in [-0.39, 0.29) is 24.5 Å². The molecule has 3 N–H and O–H groups in total. The molecule has 3 aliphatic heterocycles. The van der Waals surface area contributed by atoms with Crippen molar-refractivity contribution in [1.82, 2.24) is 19.9 Å². The van der Waals surface area contributed by atoms with E-state index in [1.54, 1.807) is 25.3 Å². The minimum absolute atomic E-state index is 0.128. The molecule has 5 heterocycles. The van der Waals surface area contributed by atoms with Crippen LogP contribution < -0.4 is 10.2 Å². The molecule has 1 saturated heterocycles. The van der Waals surface area contributed by atoms with E-state index < -0.39 is 11.6 Å². The van der Waals surface area contributed by atoms with Crippen LogP contribution in [0.4, 0.5) is 5.82 Å². The first kappa shape index (κ1) is 34.0. The molecule has 0 aliphatic carbocycles. The number of aryl methyl sites for hydroxylation is 2. The Hall–Kier alpha value is -3.50. The fraction of sp³-hybridized carbons (Fsp3) is 0.576. The molecule has 1 aromatic carbocycles. The number of hydrogen-bond acceptors (Lipinski definition) is 7. The number of anilines is 1. The highest BCUT2D eigenvalue weighted by Crippen LogP contribution is 2.33. The van der Waals surface area contributed by atoms with Gasteiger partial charge in [0.15, 0.2) is 5.65 Å². The number of aromatic nitrogens is 3. The maximum absolute atomic E-state index is 13.0. The van der Waals surface area contributed by atoms with Gasteiger partial charge in [-0.25, -0.2) is 4.98 Å². The number of amides is 1. The van der Waals surface area contributed by atoms with Crippen molar-refractivity contribution in [2.75, 3.05) is 24.6 Å². The summed E-state index contributed by atoms with van der Waals surface area (Å²) < 4.78 is 8.10. The Morgan fingerprint density at radius 3 is 2.44 bits per heavy atom. The van der Waals surface area contributed by atoms with Gasteiger partial charge in [-0.3, -0.25) is 9.59 Å². The highest BCUT2D eigenvalue weighted by molar-refractivity contribution is 5.95. The largest absolute Gasteiger partial charge is 0.481 e. The molecule has 0 radical (unpaired) electrons. The van der Waals surface area contributed by atoms with Gasteiger partial charge in [0.05, 0.1) is 29.9 Å². The molecule has 0 atom stereocenters. The minimum Gasteiger partial charge on any atom is -0.481 e. The van der Waals surface area contributed by atoms with E-state index >= 15 is 0 Å². The number of carbonyl (C=O) groups excluding carboxylic acids is 1. The van der Waals surface area contributed by atoms with Crippen LogP contribution in [0, 0.1) is 6.92 Å². The van der Waals surface area contributed by atoms with Crippen molar-refractivity contribution in [2.24, 2.45) is 0 Å². The highest BCUT2D eigenvalue weighted by atomic mass is 16.5. The third-order valence-corrected chi connectivity index (χ3v) is 7.36. The van der Waals surface area contributed by atoms with Gasteiger partial charge >= 0.3 is 5.97 Å². The first-order valence-electron chi connectivity index (χ1n) is 15.4. The Morgan fingerprint density at radius 1 is 1.14 bits per heavy atom. The number of benzene rings is 1. The summed E-state index contributed by atoms with van der Waals surface area (Å²) in [5, 5.41) is 25.9. The van der Waals surface area contributed by atoms with Crippen molar-refractivity contribution in [2.45, 2.75) is 105 Å². The Labute approximate surface area is 255 Å². The summed E-state index contributed by atoms with van der Waals surface area (Å²) in [6.45, 7) is 15.7. The minimum atomic E-state index is -0.904. The smallest absolute Gasteiger partial charge is 0.308 e. The van der Waals surface area contributed by atoms with Crippen LogP contribution >= 0.6 is 0 Å². The molecule has 1 amide bonds. The summed E-state index contributed by atoms with van der Waals surface area (Å²) in [7, 11) is 0. The second-order valence-corrected chi connectivity index (χ2v) is 12.2. The topological polar surface area (TPSA) is 129 Å². The number of carboxylic acid groups (broad SMARTS) is 1. The van der Waals surface area contributed by atoms with Gasteiger partial charge in [-0.15, -0.1) is 0 Å². The van der Waals surface area contributed by atoms with Crippen molar-refractivity contribution in [3.8, 4) is 0 Å². The van der Waals surface area contributed by atoms with E-state index in [2.05, 4.69) is 22.1 Å². The molecule has 6 rings (SSSR count). The van der Waals surface area contributed by atoms with Crippen LogP contribution in [0.2, 0.25) is 0 Å². The van der Waals surface area contributed by atoms with Gasteiger partial charge in [-0.1, -0.05) is 32.0 Å². The van der Waals surface area contributed by atoms with Crippen molar-refractivity contribution >= 4 is 23.3 Å². The molecule has 3 aromatic rings. The monoisotopic (exact) mass is 595 g/mol. The average molecular weight is 596 g/mol. The van der Waals surface area contributed by atoms with Crippen LogP contribution in [0.15, 0.2) is 30.3 Å². The first-order valence-corrected chi connectivity index (χ1v) is 15.4. The predicted octanol–water partition coefficient (Wildman–Crippen LogP) is 5.11. The normalized spacial score (nSPS) is 17.0. The fourth-order valence-electron chi connectivity index (χ4n) is 5.25. The Kier molecular flexibility index (Phi) is 11.7. The third-order valence-electron chi connectivity index (χ3n) is 7.36. The molecule has 1 fully saturated rings. The van der Waals surface area contributed by atoms with Crippen LogP contribution in [-0.4, -0.2) is 67.6 Å². The molecule has 236 valence electrons. The van der Waals surface area contributed by atoms with E-state index in [1.165, 1.54) is 0 Å². The number of aliphatic carboxylic acids is 1. The van der Waals surface area contributed by atoms with Crippen molar-refractivity contribution in [3.63, 3.8) is 0 Å².